The van der Waals surface area contributed by atoms with Crippen LogP contribution < -0.4 is 4.74 Å². The van der Waals surface area contributed by atoms with Crippen LogP contribution in [0.4, 0.5) is 4.39 Å². The van der Waals surface area contributed by atoms with Crippen molar-refractivity contribution in [2.75, 3.05) is 19.1 Å². The van der Waals surface area contributed by atoms with Crippen molar-refractivity contribution in [3.63, 3.8) is 0 Å². The minimum Gasteiger partial charge on any atom is -0.497 e. The fourth-order valence-corrected chi connectivity index (χ4v) is 1.57. The van der Waals surface area contributed by atoms with Crippen molar-refractivity contribution in [1.29, 1.82) is 0 Å². The lowest BCUT2D eigenvalue weighted by molar-refractivity contribution is 0.0988. The van der Waals surface area contributed by atoms with E-state index in [4.69, 9.17) is 4.74 Å². The second-order valence-corrected chi connectivity index (χ2v) is 4.03. The van der Waals surface area contributed by atoms with Crippen LogP contribution in [0.15, 0.2) is 18.2 Å². The molecule has 0 N–H and O–H groups in total. The van der Waals surface area contributed by atoms with Gasteiger partial charge in [0.15, 0.2) is 5.78 Å². The van der Waals surface area contributed by atoms with E-state index >= 15 is 0 Å². The summed E-state index contributed by atoms with van der Waals surface area (Å²) in [6, 6.07) is 4.06. The number of hydrogen-bond acceptors (Lipinski definition) is 3. The quantitative estimate of drug-likeness (QED) is 0.725. The third kappa shape index (κ3) is 3.55. The predicted molar refractivity (Wildman–Crippen MR) is 60.3 cm³/mol. The van der Waals surface area contributed by atoms with Crippen LogP contribution >= 0.6 is 11.8 Å². The summed E-state index contributed by atoms with van der Waals surface area (Å²) in [6.07, 6.45) is 2.35. The number of methoxy groups -OCH3 is 1. The summed E-state index contributed by atoms with van der Waals surface area (Å²) in [7, 11) is 1.45. The normalized spacial score (nSPS) is 10.1. The molecule has 0 spiro atoms. The number of carbonyl (C=O) groups is 1. The van der Waals surface area contributed by atoms with E-state index in [1.54, 1.807) is 17.8 Å². The van der Waals surface area contributed by atoms with Gasteiger partial charge in [0, 0.05) is 23.8 Å². The molecular weight excluding hydrogens is 215 g/mol. The van der Waals surface area contributed by atoms with E-state index in [2.05, 4.69) is 0 Å². The first kappa shape index (κ1) is 12.0. The maximum atomic E-state index is 13.1. The zero-order valence-electron chi connectivity index (χ0n) is 8.75. The van der Waals surface area contributed by atoms with E-state index in [0.29, 0.717) is 17.7 Å². The summed E-state index contributed by atoms with van der Waals surface area (Å²) in [5.74, 6) is 0.629. The number of halogens is 1. The molecule has 0 fully saturated rings. The lowest BCUT2D eigenvalue weighted by atomic mass is 10.1. The van der Waals surface area contributed by atoms with Gasteiger partial charge in [0.05, 0.1) is 7.11 Å². The van der Waals surface area contributed by atoms with E-state index in [0.717, 1.165) is 5.75 Å². The van der Waals surface area contributed by atoms with E-state index in [-0.39, 0.29) is 5.78 Å². The van der Waals surface area contributed by atoms with Crippen molar-refractivity contribution in [1.82, 2.24) is 0 Å². The SMILES string of the molecule is COc1cc(F)cc(C(=O)CCSC)c1. The van der Waals surface area contributed by atoms with Crippen LogP contribution in [0.5, 0.6) is 5.75 Å². The largest absolute Gasteiger partial charge is 0.497 e. The van der Waals surface area contributed by atoms with Crippen LogP contribution in [0.1, 0.15) is 16.8 Å². The lowest BCUT2D eigenvalue weighted by Gasteiger charge is -2.04. The van der Waals surface area contributed by atoms with Gasteiger partial charge in [-0.2, -0.15) is 11.8 Å². The minimum absolute atomic E-state index is 0.0536. The number of thioether (sulfide) groups is 1. The average Bonchev–Trinajstić information content (AvgIpc) is 2.24. The molecule has 0 radical (unpaired) electrons. The molecular formula is C11H13FO2S. The van der Waals surface area contributed by atoms with Gasteiger partial charge in [-0.05, 0) is 18.4 Å². The minimum atomic E-state index is -0.443. The molecule has 0 aliphatic rings. The van der Waals surface area contributed by atoms with Gasteiger partial charge < -0.3 is 4.74 Å². The predicted octanol–water partition coefficient (Wildman–Crippen LogP) is 2.77. The number of Topliss-reactive ketones (excluding diaryl/α,β-unsaturated/α-hetero) is 1. The van der Waals surface area contributed by atoms with Crippen LogP contribution in [0.25, 0.3) is 0 Å². The second kappa shape index (κ2) is 5.75. The first-order chi connectivity index (χ1) is 7.17. The van der Waals surface area contributed by atoms with Gasteiger partial charge in [-0.3, -0.25) is 4.79 Å². The van der Waals surface area contributed by atoms with Gasteiger partial charge in [-0.1, -0.05) is 0 Å². The molecule has 2 nitrogen and oxygen atoms in total. The maximum Gasteiger partial charge on any atom is 0.163 e. The summed E-state index contributed by atoms with van der Waals surface area (Å²) >= 11 is 1.59. The van der Waals surface area contributed by atoms with E-state index in [9.17, 15) is 9.18 Å². The number of ether oxygens (including phenoxy) is 1. The summed E-state index contributed by atoms with van der Waals surface area (Å²) in [6.45, 7) is 0. The van der Waals surface area contributed by atoms with Gasteiger partial charge in [0.25, 0.3) is 0 Å². The van der Waals surface area contributed by atoms with Crippen molar-refractivity contribution in [3.05, 3.63) is 29.6 Å². The van der Waals surface area contributed by atoms with Crippen LogP contribution in [-0.2, 0) is 0 Å². The van der Waals surface area contributed by atoms with Crippen molar-refractivity contribution >= 4 is 17.5 Å². The summed E-state index contributed by atoms with van der Waals surface area (Å²) in [5, 5.41) is 0. The highest BCUT2D eigenvalue weighted by Gasteiger charge is 2.08. The Labute approximate surface area is 92.8 Å². The van der Waals surface area contributed by atoms with E-state index in [1.807, 2.05) is 6.26 Å². The zero-order chi connectivity index (χ0) is 11.3. The molecule has 1 rings (SSSR count). The molecule has 0 aromatic heterocycles. The second-order valence-electron chi connectivity index (χ2n) is 3.05. The topological polar surface area (TPSA) is 26.3 Å². The van der Waals surface area contributed by atoms with Crippen molar-refractivity contribution in [3.8, 4) is 5.75 Å². The molecule has 15 heavy (non-hydrogen) atoms. The molecule has 82 valence electrons. The molecule has 0 bridgehead atoms. The van der Waals surface area contributed by atoms with Crippen LogP contribution in [0, 0.1) is 5.82 Å². The van der Waals surface area contributed by atoms with Crippen LogP contribution in [0.3, 0.4) is 0 Å². The Morgan fingerprint density at radius 3 is 2.80 bits per heavy atom. The smallest absolute Gasteiger partial charge is 0.163 e. The van der Waals surface area contributed by atoms with E-state index in [1.165, 1.54) is 19.2 Å². The molecule has 0 saturated carbocycles. The zero-order valence-corrected chi connectivity index (χ0v) is 9.57. The van der Waals surface area contributed by atoms with Gasteiger partial charge in [-0.15, -0.1) is 0 Å². The molecule has 0 atom stereocenters. The molecule has 0 unspecified atom stereocenters. The Hall–Kier alpha value is -1.03. The molecule has 0 aliphatic carbocycles. The lowest BCUT2D eigenvalue weighted by Crippen LogP contribution is -2.01. The van der Waals surface area contributed by atoms with Crippen molar-refractivity contribution in [2.24, 2.45) is 0 Å². The van der Waals surface area contributed by atoms with Crippen molar-refractivity contribution in [2.45, 2.75) is 6.42 Å². The molecule has 0 amide bonds. The fraction of sp³-hybridized carbons (Fsp3) is 0.364. The third-order valence-corrected chi connectivity index (χ3v) is 2.57. The Kier molecular flexibility index (Phi) is 4.62. The molecule has 0 saturated heterocycles. The first-order valence-corrected chi connectivity index (χ1v) is 5.93. The molecule has 0 heterocycles. The summed E-state index contributed by atoms with van der Waals surface area (Å²) in [5.41, 5.74) is 0.376. The highest BCUT2D eigenvalue weighted by molar-refractivity contribution is 7.98. The number of hydrogen-bond donors (Lipinski definition) is 0. The fourth-order valence-electron chi connectivity index (χ4n) is 1.18. The molecule has 0 aliphatic heterocycles. The monoisotopic (exact) mass is 228 g/mol. The van der Waals surface area contributed by atoms with E-state index < -0.39 is 5.82 Å². The van der Waals surface area contributed by atoms with Gasteiger partial charge >= 0.3 is 0 Å². The third-order valence-electron chi connectivity index (χ3n) is 1.96. The Balaban J connectivity index is 2.83. The van der Waals surface area contributed by atoms with Gasteiger partial charge in [-0.25, -0.2) is 4.39 Å². The van der Waals surface area contributed by atoms with Gasteiger partial charge in [0.2, 0.25) is 0 Å². The Bertz CT molecular complexity index is 352. The van der Waals surface area contributed by atoms with Gasteiger partial charge in [0.1, 0.15) is 11.6 Å². The number of benzene rings is 1. The van der Waals surface area contributed by atoms with Crippen LogP contribution in [-0.4, -0.2) is 24.9 Å². The van der Waals surface area contributed by atoms with Crippen molar-refractivity contribution < 1.29 is 13.9 Å². The summed E-state index contributed by atoms with van der Waals surface area (Å²) < 4.78 is 18.0. The highest BCUT2D eigenvalue weighted by Crippen LogP contribution is 2.17. The molecule has 1 aromatic rings. The Morgan fingerprint density at radius 2 is 2.20 bits per heavy atom. The molecule has 1 aromatic carbocycles. The number of carbonyl (C=O) groups excluding carboxylic acids is 1. The van der Waals surface area contributed by atoms with Crippen LogP contribution in [0.2, 0.25) is 0 Å². The first-order valence-electron chi connectivity index (χ1n) is 4.54. The highest BCUT2D eigenvalue weighted by atomic mass is 32.2. The Morgan fingerprint density at radius 1 is 1.47 bits per heavy atom. The number of ketones is 1. The number of rotatable bonds is 5. The molecule has 4 heteroatoms. The maximum absolute atomic E-state index is 13.1. The standard InChI is InChI=1S/C11H13FO2S/c1-14-10-6-8(5-9(12)7-10)11(13)3-4-15-2/h5-7H,3-4H2,1-2H3. The summed E-state index contributed by atoms with van der Waals surface area (Å²) in [4.78, 5) is 11.6. The average molecular weight is 228 g/mol.